The summed E-state index contributed by atoms with van der Waals surface area (Å²) in [6, 6.07) is 12.4. The van der Waals surface area contributed by atoms with Crippen molar-refractivity contribution in [1.29, 1.82) is 0 Å². The van der Waals surface area contributed by atoms with Crippen LogP contribution in [0.2, 0.25) is 0 Å². The molecule has 0 saturated carbocycles. The van der Waals surface area contributed by atoms with Crippen LogP contribution in [-0.4, -0.2) is 9.97 Å². The van der Waals surface area contributed by atoms with Gasteiger partial charge in [-0.25, -0.2) is 14.4 Å². The predicted molar refractivity (Wildman–Crippen MR) is 82.7 cm³/mol. The standard InChI is InChI=1S/C16H12BrFN2O/c1-10-12-4-2-3-5-14(12)20-16(19-10)9-21-15-7-6-11(17)8-13(15)18/h2-8H,9H2,1H3. The van der Waals surface area contributed by atoms with Gasteiger partial charge in [0.2, 0.25) is 0 Å². The first kappa shape index (κ1) is 13.9. The molecule has 106 valence electrons. The molecule has 0 fully saturated rings. The van der Waals surface area contributed by atoms with Gasteiger partial charge in [0.1, 0.15) is 6.61 Å². The number of benzene rings is 2. The molecule has 0 atom stereocenters. The van der Waals surface area contributed by atoms with Crippen molar-refractivity contribution < 1.29 is 9.13 Å². The number of ether oxygens (including phenoxy) is 1. The summed E-state index contributed by atoms with van der Waals surface area (Å²) >= 11 is 3.21. The van der Waals surface area contributed by atoms with Gasteiger partial charge in [-0.05, 0) is 31.2 Å². The van der Waals surface area contributed by atoms with Gasteiger partial charge in [-0.2, -0.15) is 0 Å². The highest BCUT2D eigenvalue weighted by molar-refractivity contribution is 9.10. The number of aryl methyl sites for hydroxylation is 1. The van der Waals surface area contributed by atoms with Gasteiger partial charge in [-0.1, -0.05) is 34.1 Å². The Kier molecular flexibility index (Phi) is 3.84. The highest BCUT2D eigenvalue weighted by atomic mass is 79.9. The Balaban J connectivity index is 1.85. The van der Waals surface area contributed by atoms with E-state index in [9.17, 15) is 4.39 Å². The first-order valence-corrected chi connectivity index (χ1v) is 7.23. The van der Waals surface area contributed by atoms with Gasteiger partial charge in [0.05, 0.1) is 5.52 Å². The molecule has 0 unspecified atom stereocenters. The molecule has 0 aliphatic rings. The molecular weight excluding hydrogens is 335 g/mol. The molecule has 3 nitrogen and oxygen atoms in total. The van der Waals surface area contributed by atoms with Crippen molar-refractivity contribution in [1.82, 2.24) is 9.97 Å². The van der Waals surface area contributed by atoms with Crippen LogP contribution >= 0.6 is 15.9 Å². The van der Waals surface area contributed by atoms with E-state index in [1.165, 1.54) is 6.07 Å². The summed E-state index contributed by atoms with van der Waals surface area (Å²) < 4.78 is 19.8. The number of hydrogen-bond acceptors (Lipinski definition) is 3. The Labute approximate surface area is 129 Å². The SMILES string of the molecule is Cc1nc(COc2ccc(Br)cc2F)nc2ccccc12. The minimum absolute atomic E-state index is 0.129. The van der Waals surface area contributed by atoms with Crippen molar-refractivity contribution in [2.75, 3.05) is 0 Å². The number of fused-ring (bicyclic) bond motifs is 1. The molecule has 0 saturated heterocycles. The zero-order chi connectivity index (χ0) is 14.8. The van der Waals surface area contributed by atoms with Crippen molar-refractivity contribution >= 4 is 26.8 Å². The Morgan fingerprint density at radius 3 is 2.76 bits per heavy atom. The molecule has 0 bridgehead atoms. The van der Waals surface area contributed by atoms with Crippen LogP contribution in [-0.2, 0) is 6.61 Å². The van der Waals surface area contributed by atoms with E-state index in [-0.39, 0.29) is 12.4 Å². The van der Waals surface area contributed by atoms with Crippen molar-refractivity contribution in [2.45, 2.75) is 13.5 Å². The molecule has 5 heteroatoms. The Hall–Kier alpha value is -2.01. The van der Waals surface area contributed by atoms with Crippen LogP contribution in [0.3, 0.4) is 0 Å². The van der Waals surface area contributed by atoms with Gasteiger partial charge >= 0.3 is 0 Å². The van der Waals surface area contributed by atoms with Crippen LogP contribution in [0.25, 0.3) is 10.9 Å². The van der Waals surface area contributed by atoms with E-state index in [1.807, 2.05) is 31.2 Å². The molecule has 1 heterocycles. The Bertz CT molecular complexity index is 807. The van der Waals surface area contributed by atoms with Gasteiger partial charge in [0.25, 0.3) is 0 Å². The van der Waals surface area contributed by atoms with Gasteiger partial charge in [0, 0.05) is 15.6 Å². The van der Waals surface area contributed by atoms with Crippen molar-refractivity contribution in [3.05, 3.63) is 64.3 Å². The fraction of sp³-hybridized carbons (Fsp3) is 0.125. The van der Waals surface area contributed by atoms with Gasteiger partial charge < -0.3 is 4.74 Å². The molecule has 3 rings (SSSR count). The summed E-state index contributed by atoms with van der Waals surface area (Å²) in [4.78, 5) is 8.83. The predicted octanol–water partition coefficient (Wildman–Crippen LogP) is 4.42. The molecule has 3 aromatic rings. The summed E-state index contributed by atoms with van der Waals surface area (Å²) in [5.74, 6) is 0.308. The second-order valence-corrected chi connectivity index (χ2v) is 5.52. The van der Waals surface area contributed by atoms with E-state index in [0.29, 0.717) is 10.3 Å². The lowest BCUT2D eigenvalue weighted by Gasteiger charge is -2.08. The van der Waals surface area contributed by atoms with Crippen LogP contribution < -0.4 is 4.74 Å². The molecule has 0 N–H and O–H groups in total. The Morgan fingerprint density at radius 2 is 1.95 bits per heavy atom. The third-order valence-corrected chi connectivity index (χ3v) is 3.58. The van der Waals surface area contributed by atoms with Crippen LogP contribution in [0.1, 0.15) is 11.5 Å². The van der Waals surface area contributed by atoms with Crippen molar-refractivity contribution in [2.24, 2.45) is 0 Å². The van der Waals surface area contributed by atoms with E-state index in [1.54, 1.807) is 12.1 Å². The Morgan fingerprint density at radius 1 is 1.14 bits per heavy atom. The average Bonchev–Trinajstić information content (AvgIpc) is 2.46. The summed E-state index contributed by atoms with van der Waals surface area (Å²) in [5, 5.41) is 1.01. The third-order valence-electron chi connectivity index (χ3n) is 3.09. The smallest absolute Gasteiger partial charge is 0.166 e. The lowest BCUT2D eigenvalue weighted by Crippen LogP contribution is -2.04. The summed E-state index contributed by atoms with van der Waals surface area (Å²) in [7, 11) is 0. The van der Waals surface area contributed by atoms with E-state index in [4.69, 9.17) is 4.74 Å². The fourth-order valence-electron chi connectivity index (χ4n) is 2.09. The zero-order valence-electron chi connectivity index (χ0n) is 11.3. The normalized spacial score (nSPS) is 10.8. The fourth-order valence-corrected chi connectivity index (χ4v) is 2.43. The minimum Gasteiger partial charge on any atom is -0.483 e. The summed E-state index contributed by atoms with van der Waals surface area (Å²) in [6.45, 7) is 2.05. The van der Waals surface area contributed by atoms with Gasteiger partial charge in [-0.3, -0.25) is 0 Å². The minimum atomic E-state index is -0.415. The zero-order valence-corrected chi connectivity index (χ0v) is 12.9. The number of nitrogens with zero attached hydrogens (tertiary/aromatic N) is 2. The molecule has 1 aromatic heterocycles. The van der Waals surface area contributed by atoms with E-state index in [0.717, 1.165) is 16.6 Å². The first-order chi connectivity index (χ1) is 10.1. The molecule has 0 amide bonds. The summed E-state index contributed by atoms with van der Waals surface area (Å²) in [5.41, 5.74) is 1.75. The van der Waals surface area contributed by atoms with Gasteiger partial charge in [-0.15, -0.1) is 0 Å². The number of aromatic nitrogens is 2. The van der Waals surface area contributed by atoms with Crippen molar-refractivity contribution in [3.63, 3.8) is 0 Å². The molecule has 2 aromatic carbocycles. The first-order valence-electron chi connectivity index (χ1n) is 6.43. The maximum absolute atomic E-state index is 13.7. The third kappa shape index (κ3) is 3.03. The van der Waals surface area contributed by atoms with Crippen molar-refractivity contribution in [3.8, 4) is 5.75 Å². The number of rotatable bonds is 3. The quantitative estimate of drug-likeness (QED) is 0.704. The monoisotopic (exact) mass is 346 g/mol. The largest absolute Gasteiger partial charge is 0.483 e. The highest BCUT2D eigenvalue weighted by Gasteiger charge is 2.07. The lowest BCUT2D eigenvalue weighted by molar-refractivity contribution is 0.281. The van der Waals surface area contributed by atoms with Crippen LogP contribution in [0.4, 0.5) is 4.39 Å². The van der Waals surface area contributed by atoms with Crippen LogP contribution in [0.15, 0.2) is 46.9 Å². The highest BCUT2D eigenvalue weighted by Crippen LogP contribution is 2.22. The molecule has 0 radical (unpaired) electrons. The van der Waals surface area contributed by atoms with E-state index in [2.05, 4.69) is 25.9 Å². The second-order valence-electron chi connectivity index (χ2n) is 4.61. The molecule has 0 spiro atoms. The topological polar surface area (TPSA) is 35.0 Å². The van der Waals surface area contributed by atoms with E-state index >= 15 is 0 Å². The maximum Gasteiger partial charge on any atom is 0.166 e. The van der Waals surface area contributed by atoms with Gasteiger partial charge in [0.15, 0.2) is 17.4 Å². The molecule has 0 aliphatic heterocycles. The molecule has 21 heavy (non-hydrogen) atoms. The summed E-state index contributed by atoms with van der Waals surface area (Å²) in [6.07, 6.45) is 0. The number of halogens is 2. The van der Waals surface area contributed by atoms with Crippen LogP contribution in [0.5, 0.6) is 5.75 Å². The lowest BCUT2D eigenvalue weighted by atomic mass is 10.2. The molecular formula is C16H12BrFN2O. The van der Waals surface area contributed by atoms with E-state index < -0.39 is 5.82 Å². The second kappa shape index (κ2) is 5.77. The molecule has 0 aliphatic carbocycles. The van der Waals surface area contributed by atoms with Crippen LogP contribution in [0, 0.1) is 12.7 Å². The number of hydrogen-bond donors (Lipinski definition) is 0. The average molecular weight is 347 g/mol. The maximum atomic E-state index is 13.7. The number of para-hydroxylation sites is 1.